The Kier molecular flexibility index (Phi) is 6.62. The lowest BCUT2D eigenvalue weighted by atomic mass is 9.82. The van der Waals surface area contributed by atoms with Crippen LogP contribution in [-0.4, -0.2) is 5.97 Å². The van der Waals surface area contributed by atoms with Gasteiger partial charge < -0.3 is 9.64 Å². The summed E-state index contributed by atoms with van der Waals surface area (Å²) in [6.07, 6.45) is 0. The highest BCUT2D eigenvalue weighted by Crippen LogP contribution is 2.50. The Hall–Kier alpha value is -4.62. The normalized spacial score (nSPS) is 12.8. The molecule has 0 radical (unpaired) electrons. The molecule has 0 aliphatic heterocycles. The van der Waals surface area contributed by atoms with Crippen LogP contribution in [-0.2, 0) is 10.2 Å². The lowest BCUT2D eigenvalue weighted by Gasteiger charge is -2.29. The van der Waals surface area contributed by atoms with Crippen molar-refractivity contribution in [3.63, 3.8) is 0 Å². The van der Waals surface area contributed by atoms with Crippen LogP contribution >= 0.6 is 0 Å². The molecule has 0 unspecified atom stereocenters. The molecule has 1 aliphatic carbocycles. The van der Waals surface area contributed by atoms with Crippen molar-refractivity contribution in [2.45, 2.75) is 46.0 Å². The largest absolute Gasteiger partial charge is 0.435 e. The summed E-state index contributed by atoms with van der Waals surface area (Å²) in [5.74, 6) is 0.0967. The predicted molar refractivity (Wildman–Crippen MR) is 159 cm³/mol. The summed E-state index contributed by atoms with van der Waals surface area (Å²) in [5, 5.41) is 0. The molecule has 4 heteroatoms. The van der Waals surface area contributed by atoms with E-state index in [4.69, 9.17) is 11.3 Å². The van der Waals surface area contributed by atoms with Crippen molar-refractivity contribution in [3.8, 4) is 16.9 Å². The van der Waals surface area contributed by atoms with Gasteiger partial charge in [-0.05, 0) is 83.1 Å². The summed E-state index contributed by atoms with van der Waals surface area (Å²) in [4.78, 5) is 18.0. The zero-order chi connectivity index (χ0) is 27.9. The van der Waals surface area contributed by atoms with Crippen LogP contribution in [0.2, 0.25) is 0 Å². The molecule has 0 spiro atoms. The van der Waals surface area contributed by atoms with Crippen LogP contribution in [0.15, 0.2) is 97.1 Å². The van der Waals surface area contributed by atoms with E-state index >= 15 is 0 Å². The second-order valence-electron chi connectivity index (χ2n) is 10.9. The number of anilines is 3. The number of nitrogens with zero attached hydrogens (tertiary/aromatic N) is 2. The van der Waals surface area contributed by atoms with Gasteiger partial charge in [0.25, 0.3) is 0 Å². The Balaban J connectivity index is 1.65. The van der Waals surface area contributed by atoms with Crippen LogP contribution in [0.4, 0.5) is 22.7 Å². The molecular weight excluding hydrogens is 480 g/mol. The molecule has 0 saturated heterocycles. The fourth-order valence-corrected chi connectivity index (χ4v) is 5.29. The minimum atomic E-state index is -0.547. The highest BCUT2D eigenvalue weighted by Gasteiger charge is 2.35. The van der Waals surface area contributed by atoms with Crippen molar-refractivity contribution in [2.75, 3.05) is 4.90 Å². The number of ether oxygens (including phenoxy) is 1. The molecule has 39 heavy (non-hydrogen) atoms. The van der Waals surface area contributed by atoms with E-state index in [-0.39, 0.29) is 22.4 Å². The molecule has 0 N–H and O–H groups in total. The number of hydrogen-bond acceptors (Lipinski definition) is 3. The Morgan fingerprint density at radius 3 is 2.15 bits per heavy atom. The topological polar surface area (TPSA) is 33.9 Å². The molecule has 1 aliphatic rings. The van der Waals surface area contributed by atoms with Crippen LogP contribution in [0.3, 0.4) is 0 Å². The standard InChI is InChI=1S/C35H32N2O2/c1-22(2)24-12-14-25(15-13-24)37(27-17-19-33(32(21-27)36-7)39-34(38)23(3)4)26-16-18-29-28-10-8-9-11-30(28)35(5,6)31(29)20-26/h8-22H,3H2,1-2,4-6H3. The number of benzene rings is 4. The maximum absolute atomic E-state index is 12.2. The van der Waals surface area contributed by atoms with Crippen LogP contribution in [0.25, 0.3) is 16.0 Å². The maximum atomic E-state index is 12.2. The van der Waals surface area contributed by atoms with Crippen molar-refractivity contribution in [2.24, 2.45) is 0 Å². The van der Waals surface area contributed by atoms with Crippen LogP contribution in [0.1, 0.15) is 57.2 Å². The van der Waals surface area contributed by atoms with Crippen molar-refractivity contribution >= 4 is 28.7 Å². The van der Waals surface area contributed by atoms with E-state index in [1.807, 2.05) is 6.07 Å². The van der Waals surface area contributed by atoms with E-state index in [1.54, 1.807) is 19.1 Å². The number of fused-ring (bicyclic) bond motifs is 3. The summed E-state index contributed by atoms with van der Waals surface area (Å²) in [6, 6.07) is 29.1. The average molecular weight is 513 g/mol. The molecule has 0 aromatic heterocycles. The fraction of sp³-hybridized carbons (Fsp3) is 0.200. The highest BCUT2D eigenvalue weighted by molar-refractivity contribution is 5.91. The molecule has 0 amide bonds. The quantitative estimate of drug-likeness (QED) is 0.112. The third kappa shape index (κ3) is 4.62. The summed E-state index contributed by atoms with van der Waals surface area (Å²) in [5.41, 5.74) is 9.56. The Bertz CT molecular complexity index is 1640. The zero-order valence-corrected chi connectivity index (χ0v) is 23.1. The third-order valence-corrected chi connectivity index (χ3v) is 7.52. The van der Waals surface area contributed by atoms with Crippen molar-refractivity contribution < 1.29 is 9.53 Å². The predicted octanol–water partition coefficient (Wildman–Crippen LogP) is 9.62. The molecule has 4 aromatic carbocycles. The number of carbonyl (C=O) groups excluding carboxylic acids is 1. The van der Waals surface area contributed by atoms with Gasteiger partial charge in [-0.15, -0.1) is 0 Å². The van der Waals surface area contributed by atoms with Gasteiger partial charge >= 0.3 is 5.97 Å². The van der Waals surface area contributed by atoms with E-state index in [1.165, 1.54) is 27.8 Å². The number of esters is 1. The molecule has 194 valence electrons. The Morgan fingerprint density at radius 2 is 1.49 bits per heavy atom. The first-order valence-electron chi connectivity index (χ1n) is 13.2. The molecule has 5 rings (SSSR count). The van der Waals surface area contributed by atoms with E-state index in [9.17, 15) is 4.79 Å². The van der Waals surface area contributed by atoms with E-state index in [0.29, 0.717) is 5.92 Å². The fourth-order valence-electron chi connectivity index (χ4n) is 5.29. The summed E-state index contributed by atoms with van der Waals surface area (Å²) < 4.78 is 5.44. The molecule has 4 aromatic rings. The SMILES string of the molecule is [C-]#[N+]c1cc(N(c2ccc(C(C)C)cc2)c2ccc3c(c2)C(C)(C)c2ccccc2-3)ccc1OC(=O)C(=C)C. The number of carbonyl (C=O) groups is 1. The monoisotopic (exact) mass is 512 g/mol. The first kappa shape index (κ1) is 26.0. The molecule has 0 atom stereocenters. The van der Waals surface area contributed by atoms with Gasteiger partial charge in [0.15, 0.2) is 0 Å². The molecule has 0 saturated carbocycles. The van der Waals surface area contributed by atoms with Gasteiger partial charge in [-0.25, -0.2) is 9.64 Å². The molecule has 0 bridgehead atoms. The minimum absolute atomic E-state index is 0.141. The van der Waals surface area contributed by atoms with E-state index < -0.39 is 5.97 Å². The Labute approximate surface area is 231 Å². The van der Waals surface area contributed by atoms with Gasteiger partial charge in [-0.1, -0.05) is 76.7 Å². The zero-order valence-electron chi connectivity index (χ0n) is 23.1. The van der Waals surface area contributed by atoms with E-state index in [0.717, 1.165) is 17.1 Å². The number of rotatable bonds is 6. The highest BCUT2D eigenvalue weighted by atomic mass is 16.5. The van der Waals surface area contributed by atoms with Gasteiger partial charge in [0.05, 0.1) is 6.57 Å². The van der Waals surface area contributed by atoms with Crippen molar-refractivity contribution in [1.82, 2.24) is 0 Å². The lowest BCUT2D eigenvalue weighted by molar-refractivity contribution is -0.130. The minimum Gasteiger partial charge on any atom is -0.435 e. The van der Waals surface area contributed by atoms with Gasteiger partial charge in [-0.3, -0.25) is 0 Å². The van der Waals surface area contributed by atoms with Gasteiger partial charge in [-0.2, -0.15) is 0 Å². The Morgan fingerprint density at radius 1 is 0.872 bits per heavy atom. The molecule has 4 nitrogen and oxygen atoms in total. The van der Waals surface area contributed by atoms with Gasteiger partial charge in [0, 0.05) is 28.1 Å². The molecular formula is C35H32N2O2. The van der Waals surface area contributed by atoms with Crippen LogP contribution in [0.5, 0.6) is 5.75 Å². The van der Waals surface area contributed by atoms with Crippen LogP contribution < -0.4 is 9.64 Å². The van der Waals surface area contributed by atoms with Gasteiger partial charge in [0.2, 0.25) is 5.69 Å². The summed E-state index contributed by atoms with van der Waals surface area (Å²) in [6.45, 7) is 21.9. The average Bonchev–Trinajstić information content (AvgIpc) is 3.16. The first-order valence-corrected chi connectivity index (χ1v) is 13.2. The molecule has 0 heterocycles. The first-order chi connectivity index (χ1) is 18.6. The third-order valence-electron chi connectivity index (χ3n) is 7.52. The van der Waals surface area contributed by atoms with Crippen molar-refractivity contribution in [3.05, 3.63) is 125 Å². The summed E-state index contributed by atoms with van der Waals surface area (Å²) >= 11 is 0. The second kappa shape index (κ2) is 9.93. The molecule has 0 fully saturated rings. The smallest absolute Gasteiger partial charge is 0.337 e. The lowest BCUT2D eigenvalue weighted by Crippen LogP contribution is -2.16. The van der Waals surface area contributed by atoms with Crippen LogP contribution in [0, 0.1) is 6.57 Å². The number of hydrogen-bond donors (Lipinski definition) is 0. The van der Waals surface area contributed by atoms with E-state index in [2.05, 4.69) is 111 Å². The van der Waals surface area contributed by atoms with Gasteiger partial charge in [0.1, 0.15) is 5.75 Å². The summed E-state index contributed by atoms with van der Waals surface area (Å²) in [7, 11) is 0. The maximum Gasteiger partial charge on any atom is 0.337 e. The second-order valence-corrected chi connectivity index (χ2v) is 10.9. The van der Waals surface area contributed by atoms with Crippen molar-refractivity contribution in [1.29, 1.82) is 0 Å².